The number of thiophene rings is 1. The van der Waals surface area contributed by atoms with Gasteiger partial charge >= 0.3 is 0 Å². The van der Waals surface area contributed by atoms with E-state index in [2.05, 4.69) is 31.6 Å². The van der Waals surface area contributed by atoms with Crippen molar-refractivity contribution < 1.29 is 0 Å². The minimum Gasteiger partial charge on any atom is -0.338 e. The van der Waals surface area contributed by atoms with Crippen LogP contribution in [0.4, 0.5) is 5.95 Å². The van der Waals surface area contributed by atoms with Crippen LogP contribution in [-0.2, 0) is 0 Å². The summed E-state index contributed by atoms with van der Waals surface area (Å²) in [5, 5.41) is 5.40. The van der Waals surface area contributed by atoms with E-state index in [0.717, 1.165) is 37.8 Å². The Hall–Kier alpha value is -1.46. The molecule has 4 nitrogen and oxygen atoms in total. The summed E-state index contributed by atoms with van der Waals surface area (Å²) in [5.74, 6) is 0.845. The fourth-order valence-corrected chi connectivity index (χ4v) is 2.62. The maximum Gasteiger partial charge on any atom is 0.225 e. The third-order valence-electron chi connectivity index (χ3n) is 2.82. The van der Waals surface area contributed by atoms with E-state index >= 15 is 0 Å². The molecule has 2 aromatic heterocycles. The topological polar surface area (TPSA) is 41.1 Å². The van der Waals surface area contributed by atoms with Crippen LogP contribution in [-0.4, -0.2) is 36.1 Å². The van der Waals surface area contributed by atoms with Gasteiger partial charge in [0.25, 0.3) is 0 Å². The number of piperazine rings is 1. The molecule has 1 fully saturated rings. The van der Waals surface area contributed by atoms with E-state index in [1.165, 1.54) is 4.88 Å². The molecule has 0 radical (unpaired) electrons. The lowest BCUT2D eigenvalue weighted by Gasteiger charge is -2.27. The predicted molar refractivity (Wildman–Crippen MR) is 70.4 cm³/mol. The first-order valence-electron chi connectivity index (χ1n) is 5.76. The van der Waals surface area contributed by atoms with E-state index in [1.807, 2.05) is 18.3 Å². The maximum absolute atomic E-state index is 4.64. The van der Waals surface area contributed by atoms with Crippen LogP contribution in [0.25, 0.3) is 10.6 Å². The van der Waals surface area contributed by atoms with E-state index in [0.29, 0.717) is 0 Å². The van der Waals surface area contributed by atoms with Gasteiger partial charge in [-0.1, -0.05) is 6.07 Å². The summed E-state index contributed by atoms with van der Waals surface area (Å²) in [6, 6.07) is 6.11. The Morgan fingerprint density at radius 3 is 2.88 bits per heavy atom. The van der Waals surface area contributed by atoms with Crippen molar-refractivity contribution in [3.05, 3.63) is 29.8 Å². The number of anilines is 1. The zero-order valence-electron chi connectivity index (χ0n) is 9.47. The van der Waals surface area contributed by atoms with Crippen molar-refractivity contribution in [1.29, 1.82) is 0 Å². The average Bonchev–Trinajstić information content (AvgIpc) is 2.94. The normalized spacial score (nSPS) is 16.1. The Labute approximate surface area is 104 Å². The van der Waals surface area contributed by atoms with Gasteiger partial charge in [-0.05, 0) is 17.5 Å². The second kappa shape index (κ2) is 4.81. The molecule has 0 amide bonds. The second-order valence-electron chi connectivity index (χ2n) is 3.96. The van der Waals surface area contributed by atoms with Crippen molar-refractivity contribution in [3.8, 4) is 10.6 Å². The Balaban J connectivity index is 1.88. The first kappa shape index (κ1) is 10.7. The molecule has 88 valence electrons. The lowest BCUT2D eigenvalue weighted by Crippen LogP contribution is -2.44. The molecule has 0 bridgehead atoms. The summed E-state index contributed by atoms with van der Waals surface area (Å²) in [5.41, 5.74) is 1.02. The van der Waals surface area contributed by atoms with Crippen LogP contribution in [0.5, 0.6) is 0 Å². The Morgan fingerprint density at radius 1 is 1.24 bits per heavy atom. The Morgan fingerprint density at radius 2 is 2.12 bits per heavy atom. The van der Waals surface area contributed by atoms with Crippen LogP contribution in [0.1, 0.15) is 0 Å². The fourth-order valence-electron chi connectivity index (χ4n) is 1.93. The van der Waals surface area contributed by atoms with Gasteiger partial charge in [0, 0.05) is 32.4 Å². The standard InChI is InChI=1S/C12H14N4S/c1-2-11(17-9-1)10-3-4-14-12(15-10)16-7-5-13-6-8-16/h1-4,9,13H,5-8H2. The van der Waals surface area contributed by atoms with Gasteiger partial charge in [-0.15, -0.1) is 11.3 Å². The SMILES string of the molecule is c1csc(-c2ccnc(N3CCNCC3)n2)c1. The first-order chi connectivity index (χ1) is 8.43. The van der Waals surface area contributed by atoms with Crippen molar-refractivity contribution in [2.24, 2.45) is 0 Å². The highest BCUT2D eigenvalue weighted by atomic mass is 32.1. The molecule has 0 unspecified atom stereocenters. The third-order valence-corrected chi connectivity index (χ3v) is 3.71. The number of nitrogens with one attached hydrogen (secondary N) is 1. The van der Waals surface area contributed by atoms with Gasteiger partial charge in [-0.3, -0.25) is 0 Å². The highest BCUT2D eigenvalue weighted by molar-refractivity contribution is 7.13. The van der Waals surface area contributed by atoms with Gasteiger partial charge < -0.3 is 10.2 Å². The molecule has 1 saturated heterocycles. The highest BCUT2D eigenvalue weighted by Crippen LogP contribution is 2.23. The summed E-state index contributed by atoms with van der Waals surface area (Å²) >= 11 is 1.71. The molecule has 0 aromatic carbocycles. The fraction of sp³-hybridized carbons (Fsp3) is 0.333. The zero-order valence-corrected chi connectivity index (χ0v) is 10.3. The van der Waals surface area contributed by atoms with Crippen LogP contribution >= 0.6 is 11.3 Å². The molecule has 0 saturated carbocycles. The van der Waals surface area contributed by atoms with Crippen LogP contribution < -0.4 is 10.2 Å². The number of rotatable bonds is 2. The van der Waals surface area contributed by atoms with Crippen LogP contribution in [0.3, 0.4) is 0 Å². The quantitative estimate of drug-likeness (QED) is 0.874. The van der Waals surface area contributed by atoms with Gasteiger partial charge in [-0.2, -0.15) is 0 Å². The van der Waals surface area contributed by atoms with Gasteiger partial charge in [0.2, 0.25) is 5.95 Å². The van der Waals surface area contributed by atoms with Gasteiger partial charge in [0.15, 0.2) is 0 Å². The number of nitrogens with zero attached hydrogens (tertiary/aromatic N) is 3. The molecule has 0 atom stereocenters. The monoisotopic (exact) mass is 246 g/mol. The molecule has 1 aliphatic heterocycles. The predicted octanol–water partition coefficient (Wildman–Crippen LogP) is 1.61. The summed E-state index contributed by atoms with van der Waals surface area (Å²) in [6.45, 7) is 3.97. The van der Waals surface area contributed by atoms with E-state index < -0.39 is 0 Å². The highest BCUT2D eigenvalue weighted by Gasteiger charge is 2.13. The molecule has 5 heteroatoms. The van der Waals surface area contributed by atoms with Gasteiger partial charge in [0.1, 0.15) is 0 Å². The molecule has 17 heavy (non-hydrogen) atoms. The molecular weight excluding hydrogens is 232 g/mol. The van der Waals surface area contributed by atoms with E-state index in [9.17, 15) is 0 Å². The third kappa shape index (κ3) is 2.30. The summed E-state index contributed by atoms with van der Waals surface area (Å²) in [6.07, 6.45) is 1.85. The lowest BCUT2D eigenvalue weighted by atomic mass is 10.3. The molecule has 1 N–H and O–H groups in total. The zero-order chi connectivity index (χ0) is 11.5. The first-order valence-corrected chi connectivity index (χ1v) is 6.64. The van der Waals surface area contributed by atoms with Crippen molar-refractivity contribution >= 4 is 17.3 Å². The summed E-state index contributed by atoms with van der Waals surface area (Å²) in [7, 11) is 0. The molecular formula is C12H14N4S. The van der Waals surface area contributed by atoms with Crippen molar-refractivity contribution in [2.75, 3.05) is 31.1 Å². The Kier molecular flexibility index (Phi) is 3.02. The Bertz CT molecular complexity index is 477. The van der Waals surface area contributed by atoms with E-state index in [1.54, 1.807) is 11.3 Å². The molecule has 3 heterocycles. The van der Waals surface area contributed by atoms with Crippen LogP contribution in [0, 0.1) is 0 Å². The maximum atomic E-state index is 4.64. The van der Waals surface area contributed by atoms with Crippen LogP contribution in [0.15, 0.2) is 29.8 Å². The van der Waals surface area contributed by atoms with Gasteiger partial charge in [-0.25, -0.2) is 9.97 Å². The smallest absolute Gasteiger partial charge is 0.225 e. The molecule has 0 spiro atoms. The van der Waals surface area contributed by atoms with Crippen molar-refractivity contribution in [1.82, 2.24) is 15.3 Å². The molecule has 3 rings (SSSR count). The lowest BCUT2D eigenvalue weighted by molar-refractivity contribution is 0.580. The number of hydrogen-bond acceptors (Lipinski definition) is 5. The minimum absolute atomic E-state index is 0.845. The average molecular weight is 246 g/mol. The summed E-state index contributed by atoms with van der Waals surface area (Å²) in [4.78, 5) is 12.4. The van der Waals surface area contributed by atoms with Crippen molar-refractivity contribution in [2.45, 2.75) is 0 Å². The van der Waals surface area contributed by atoms with Crippen LogP contribution in [0.2, 0.25) is 0 Å². The number of hydrogen-bond donors (Lipinski definition) is 1. The summed E-state index contributed by atoms with van der Waals surface area (Å²) < 4.78 is 0. The van der Waals surface area contributed by atoms with E-state index in [4.69, 9.17) is 0 Å². The minimum atomic E-state index is 0.845. The second-order valence-corrected chi connectivity index (χ2v) is 4.90. The molecule has 0 aliphatic carbocycles. The van der Waals surface area contributed by atoms with Gasteiger partial charge in [0.05, 0.1) is 10.6 Å². The van der Waals surface area contributed by atoms with E-state index in [-0.39, 0.29) is 0 Å². The number of aromatic nitrogens is 2. The molecule has 2 aromatic rings. The van der Waals surface area contributed by atoms with Crippen molar-refractivity contribution in [3.63, 3.8) is 0 Å². The largest absolute Gasteiger partial charge is 0.338 e. The molecule has 1 aliphatic rings.